The minimum Gasteiger partial charge on any atom is -0.483 e. The topological polar surface area (TPSA) is 190 Å². The summed E-state index contributed by atoms with van der Waals surface area (Å²) in [5, 5.41) is 0. The normalized spacial score (nSPS) is 12.8. The Balaban J connectivity index is 1.30. The van der Waals surface area contributed by atoms with Crippen molar-refractivity contribution in [3.8, 4) is 23.0 Å². The van der Waals surface area contributed by atoms with Crippen molar-refractivity contribution >= 4 is 41.2 Å². The first-order valence-electron chi connectivity index (χ1n) is 22.5. The highest BCUT2D eigenvalue weighted by Crippen LogP contribution is 2.39. The average Bonchev–Trinajstić information content (AvgIpc) is 3.83. The first-order chi connectivity index (χ1) is 33.1. The maximum Gasteiger partial charge on any atom is 0.344 e. The highest BCUT2D eigenvalue weighted by molar-refractivity contribution is 6.40. The van der Waals surface area contributed by atoms with Gasteiger partial charge in [-0.15, -0.1) is 0 Å². The first-order valence-corrected chi connectivity index (χ1v) is 22.5. The summed E-state index contributed by atoms with van der Waals surface area (Å²) in [5.41, 5.74) is 11.8. The molecule has 0 fully saturated rings. The number of carbonyl (C=O) groups excluding carboxylic acids is 5. The molecule has 68 heavy (non-hydrogen) atoms. The van der Waals surface area contributed by atoms with E-state index < -0.39 is 36.3 Å². The number of hydrogen-bond donors (Lipinski definition) is 2. The molecule has 2 amide bonds. The number of carbonyl (C=O) groups is 5. The highest BCUT2D eigenvalue weighted by Gasteiger charge is 2.30. The van der Waals surface area contributed by atoms with E-state index >= 15 is 0 Å². The number of esters is 3. The lowest BCUT2D eigenvalue weighted by Gasteiger charge is -2.23. The number of rotatable bonds is 18. The van der Waals surface area contributed by atoms with Crippen LogP contribution in [-0.2, 0) is 63.9 Å². The molecule has 0 aromatic heterocycles. The standard InChI is InChI=1S/C52H54N4O12/c1-4-62-44(58)31-66-48-36-16-11-18-38(48)28-40-20-13-21-41(50(40)68-33-46(60)64-6-3)29-39-19-12-17-37(49(39)67-32-45(59)63-5-2)27-35-15-10-14-34(26-36)47(35)65-30-43(57)56-25-24-53-51(56)52(61)55-54-42-22-8-7-9-23-42/h7-23,54H,4-6,24-33H2,1-3H3,(H,55,61). The van der Waals surface area contributed by atoms with Gasteiger partial charge in [-0.2, -0.15) is 0 Å². The zero-order valence-electron chi connectivity index (χ0n) is 38.3. The van der Waals surface area contributed by atoms with E-state index in [1.54, 1.807) is 32.9 Å². The molecule has 5 aromatic rings. The summed E-state index contributed by atoms with van der Waals surface area (Å²) < 4.78 is 41.3. The zero-order chi connectivity index (χ0) is 47.8. The second kappa shape index (κ2) is 23.5. The van der Waals surface area contributed by atoms with Crippen LogP contribution >= 0.6 is 0 Å². The number of ether oxygens (including phenoxy) is 7. The lowest BCUT2D eigenvalue weighted by molar-refractivity contribution is -0.146. The largest absolute Gasteiger partial charge is 0.483 e. The van der Waals surface area contributed by atoms with E-state index in [1.165, 1.54) is 4.90 Å². The third-order valence-electron chi connectivity index (χ3n) is 10.9. The highest BCUT2D eigenvalue weighted by atomic mass is 16.6. The Labute approximate surface area is 394 Å². The van der Waals surface area contributed by atoms with E-state index in [2.05, 4.69) is 15.8 Å². The monoisotopic (exact) mass is 926 g/mol. The van der Waals surface area contributed by atoms with Gasteiger partial charge in [0.15, 0.2) is 32.3 Å². The number of fused-ring (bicyclic) bond motifs is 8. The molecular formula is C52H54N4O12. The Kier molecular flexibility index (Phi) is 16.6. The van der Waals surface area contributed by atoms with Gasteiger partial charge in [0, 0.05) is 32.2 Å². The third kappa shape index (κ3) is 12.3. The summed E-state index contributed by atoms with van der Waals surface area (Å²) in [7, 11) is 0. The van der Waals surface area contributed by atoms with Gasteiger partial charge in [0.2, 0.25) is 0 Å². The van der Waals surface area contributed by atoms with E-state index in [9.17, 15) is 24.0 Å². The van der Waals surface area contributed by atoms with Gasteiger partial charge in [0.25, 0.3) is 5.91 Å². The quantitative estimate of drug-likeness (QED) is 0.0585. The minimum atomic E-state index is -0.580. The van der Waals surface area contributed by atoms with Crippen molar-refractivity contribution < 1.29 is 57.1 Å². The average molecular weight is 927 g/mol. The van der Waals surface area contributed by atoms with Gasteiger partial charge in [0.1, 0.15) is 23.0 Å². The maximum absolute atomic E-state index is 14.0. The fourth-order valence-electron chi connectivity index (χ4n) is 8.03. The number of para-hydroxylation sites is 5. The first kappa shape index (κ1) is 48.1. The van der Waals surface area contributed by atoms with E-state index in [0.29, 0.717) is 62.1 Å². The van der Waals surface area contributed by atoms with Crippen molar-refractivity contribution in [2.45, 2.75) is 46.5 Å². The van der Waals surface area contributed by atoms with E-state index in [0.717, 1.165) is 11.1 Å². The molecule has 2 aliphatic rings. The molecule has 2 N–H and O–H groups in total. The number of amides is 2. The van der Waals surface area contributed by atoms with Gasteiger partial charge in [-0.25, -0.2) is 14.4 Å². The molecule has 0 saturated heterocycles. The molecule has 1 aliphatic carbocycles. The molecule has 0 spiro atoms. The number of hydrogen-bond acceptors (Lipinski definition) is 14. The van der Waals surface area contributed by atoms with Gasteiger partial charge < -0.3 is 33.2 Å². The summed E-state index contributed by atoms with van der Waals surface area (Å²) in [6, 6.07) is 31.8. The molecule has 0 unspecified atom stereocenters. The molecular weight excluding hydrogens is 873 g/mol. The summed E-state index contributed by atoms with van der Waals surface area (Å²) >= 11 is 0. The van der Waals surface area contributed by atoms with Crippen LogP contribution in [0.3, 0.4) is 0 Å². The summed E-state index contributed by atoms with van der Waals surface area (Å²) in [6.45, 7) is 4.61. The van der Waals surface area contributed by atoms with Gasteiger partial charge >= 0.3 is 23.8 Å². The molecule has 7 rings (SSSR count). The molecule has 0 radical (unpaired) electrons. The Morgan fingerprint density at radius 3 is 1.19 bits per heavy atom. The molecule has 0 saturated carbocycles. The van der Waals surface area contributed by atoms with Crippen LogP contribution in [0, 0.1) is 0 Å². The Morgan fingerprint density at radius 1 is 0.485 bits per heavy atom. The zero-order valence-corrected chi connectivity index (χ0v) is 38.3. The third-order valence-corrected chi connectivity index (χ3v) is 10.9. The molecule has 0 atom stereocenters. The van der Waals surface area contributed by atoms with Crippen LogP contribution in [0.25, 0.3) is 0 Å². The minimum absolute atomic E-state index is 0.0447. The van der Waals surface area contributed by atoms with E-state index in [4.69, 9.17) is 33.2 Å². The molecule has 16 nitrogen and oxygen atoms in total. The SMILES string of the molecule is CCOC(=O)COc1c2cccc1Cc1cccc(c1OCC(=O)OCC)Cc1cccc(c1OCC(=O)N1CCN=C1C(=O)NNc1ccccc1)Cc1cccc(c1OCC(=O)OCC)C2. The second-order valence-corrected chi connectivity index (χ2v) is 15.6. The lowest BCUT2D eigenvalue weighted by Crippen LogP contribution is -2.47. The van der Waals surface area contributed by atoms with Crippen LogP contribution in [0.5, 0.6) is 23.0 Å². The van der Waals surface area contributed by atoms with Crippen LogP contribution in [0.2, 0.25) is 0 Å². The second-order valence-electron chi connectivity index (χ2n) is 15.6. The van der Waals surface area contributed by atoms with Crippen molar-refractivity contribution in [1.29, 1.82) is 0 Å². The van der Waals surface area contributed by atoms with Crippen molar-refractivity contribution in [3.05, 3.63) is 148 Å². The smallest absolute Gasteiger partial charge is 0.344 e. The molecule has 8 bridgehead atoms. The van der Waals surface area contributed by atoms with Crippen molar-refractivity contribution in [1.82, 2.24) is 10.3 Å². The number of aliphatic imine (C=N–C) groups is 1. The number of hydrazine groups is 1. The Bertz CT molecular complexity index is 2540. The lowest BCUT2D eigenvalue weighted by atomic mass is 9.91. The number of nitrogens with zero attached hydrogens (tertiary/aromatic N) is 2. The molecule has 1 aliphatic heterocycles. The fraction of sp³-hybridized carbons (Fsp3) is 0.308. The molecule has 354 valence electrons. The van der Waals surface area contributed by atoms with Crippen molar-refractivity contribution in [3.63, 3.8) is 0 Å². The van der Waals surface area contributed by atoms with Crippen LogP contribution in [0.4, 0.5) is 5.69 Å². The predicted octanol–water partition coefficient (Wildman–Crippen LogP) is 5.95. The van der Waals surface area contributed by atoms with Crippen molar-refractivity contribution in [2.75, 3.05) is 64.8 Å². The van der Waals surface area contributed by atoms with Gasteiger partial charge in [-0.3, -0.25) is 30.3 Å². The van der Waals surface area contributed by atoms with Crippen molar-refractivity contribution in [2.24, 2.45) is 4.99 Å². The van der Waals surface area contributed by atoms with E-state index in [-0.39, 0.29) is 84.2 Å². The van der Waals surface area contributed by atoms with Crippen LogP contribution < -0.4 is 29.8 Å². The fourth-order valence-corrected chi connectivity index (χ4v) is 8.03. The van der Waals surface area contributed by atoms with Crippen LogP contribution in [0.1, 0.15) is 65.3 Å². The molecule has 1 heterocycles. The van der Waals surface area contributed by atoms with E-state index in [1.807, 2.05) is 91.0 Å². The summed E-state index contributed by atoms with van der Waals surface area (Å²) in [4.78, 5) is 71.2. The van der Waals surface area contributed by atoms with Crippen LogP contribution in [0.15, 0.2) is 108 Å². The Hall–Kier alpha value is -7.88. The number of benzene rings is 5. The molecule has 5 aromatic carbocycles. The Morgan fingerprint density at radius 2 is 0.838 bits per heavy atom. The number of anilines is 1. The van der Waals surface area contributed by atoms with Crippen LogP contribution in [-0.4, -0.2) is 99.8 Å². The summed E-state index contributed by atoms with van der Waals surface area (Å²) in [5.74, 6) is -0.991. The molecule has 16 heteroatoms. The maximum atomic E-state index is 14.0. The van der Waals surface area contributed by atoms with Gasteiger partial charge in [-0.05, 0) is 77.4 Å². The number of nitrogens with one attached hydrogen (secondary N) is 2. The predicted molar refractivity (Wildman–Crippen MR) is 251 cm³/mol. The summed E-state index contributed by atoms with van der Waals surface area (Å²) in [6.07, 6.45) is 0.977. The van der Waals surface area contributed by atoms with Gasteiger partial charge in [0.05, 0.1) is 32.1 Å². The van der Waals surface area contributed by atoms with Gasteiger partial charge in [-0.1, -0.05) is 91.0 Å². The number of amidine groups is 1.